The van der Waals surface area contributed by atoms with Crippen LogP contribution in [0, 0.1) is 0 Å². The number of rotatable bonds is 5. The Morgan fingerprint density at radius 1 is 1.10 bits per heavy atom. The highest BCUT2D eigenvalue weighted by Crippen LogP contribution is 2.24. The number of carboxylic acid groups (broad SMARTS) is 1. The maximum atomic E-state index is 12.8. The number of aliphatic carboxylic acids is 1. The summed E-state index contributed by atoms with van der Waals surface area (Å²) < 4.78 is 5.95. The Morgan fingerprint density at radius 2 is 1.72 bits per heavy atom. The summed E-state index contributed by atoms with van der Waals surface area (Å²) >= 11 is 3.28. The van der Waals surface area contributed by atoms with Crippen LogP contribution in [-0.2, 0) is 14.4 Å². The number of nitrogens with one attached hydrogen (secondary N) is 1. The Kier molecular flexibility index (Phi) is 5.79. The second-order valence-electron chi connectivity index (χ2n) is 6.08. The molecule has 1 fully saturated rings. The van der Waals surface area contributed by atoms with Gasteiger partial charge in [-0.1, -0.05) is 28.1 Å². The number of benzene rings is 2. The number of halogens is 1. The van der Waals surface area contributed by atoms with E-state index in [1.807, 2.05) is 0 Å². The van der Waals surface area contributed by atoms with Gasteiger partial charge in [-0.25, -0.2) is 9.69 Å². The second kappa shape index (κ2) is 8.27. The molecular weight excluding hydrogens is 444 g/mol. The van der Waals surface area contributed by atoms with E-state index >= 15 is 0 Å². The quantitative estimate of drug-likeness (QED) is 0.538. The van der Waals surface area contributed by atoms with Gasteiger partial charge in [0.25, 0.3) is 11.8 Å². The molecule has 3 rings (SSSR count). The van der Waals surface area contributed by atoms with Crippen LogP contribution in [0.4, 0.5) is 10.5 Å². The summed E-state index contributed by atoms with van der Waals surface area (Å²) in [6, 6.07) is 11.7. The molecular formula is C20H14BrN2O6-. The Labute approximate surface area is 173 Å². The highest BCUT2D eigenvalue weighted by atomic mass is 79.9. The largest absolute Gasteiger partial charge is 0.546 e. The number of carboxylic acids is 1. The maximum Gasteiger partial charge on any atom is 0.335 e. The average molecular weight is 458 g/mol. The van der Waals surface area contributed by atoms with E-state index < -0.39 is 29.9 Å². The maximum absolute atomic E-state index is 12.8. The fraction of sp³-hybridized carbons (Fsp3) is 0.100. The van der Waals surface area contributed by atoms with Crippen LogP contribution in [-0.4, -0.2) is 29.9 Å². The summed E-state index contributed by atoms with van der Waals surface area (Å²) in [6.45, 7) is 1.34. The summed E-state index contributed by atoms with van der Waals surface area (Å²) in [5.74, 6) is -2.63. The van der Waals surface area contributed by atoms with Crippen LogP contribution in [0.1, 0.15) is 12.5 Å². The summed E-state index contributed by atoms with van der Waals surface area (Å²) in [6.07, 6.45) is 0.206. The van der Waals surface area contributed by atoms with Crippen molar-refractivity contribution in [1.29, 1.82) is 0 Å². The van der Waals surface area contributed by atoms with Crippen molar-refractivity contribution in [2.24, 2.45) is 0 Å². The molecule has 148 valence electrons. The van der Waals surface area contributed by atoms with Crippen molar-refractivity contribution in [3.63, 3.8) is 0 Å². The number of carbonyl (C=O) groups is 4. The predicted octanol–water partition coefficient (Wildman–Crippen LogP) is 1.63. The van der Waals surface area contributed by atoms with Gasteiger partial charge in [0.15, 0.2) is 0 Å². The molecule has 1 aliphatic rings. The number of hydrogen-bond acceptors (Lipinski definition) is 6. The summed E-state index contributed by atoms with van der Waals surface area (Å²) in [4.78, 5) is 48.8. The molecule has 1 heterocycles. The first kappa shape index (κ1) is 20.3. The molecule has 29 heavy (non-hydrogen) atoms. The minimum absolute atomic E-state index is 0.218. The van der Waals surface area contributed by atoms with E-state index in [2.05, 4.69) is 21.2 Å². The average Bonchev–Trinajstić information content (AvgIpc) is 2.67. The second-order valence-corrected chi connectivity index (χ2v) is 7.00. The van der Waals surface area contributed by atoms with Crippen molar-refractivity contribution < 1.29 is 29.0 Å². The molecule has 4 amide bonds. The molecule has 2 aromatic carbocycles. The number of nitrogens with zero attached hydrogens (tertiary/aromatic N) is 1. The molecule has 1 saturated heterocycles. The standard InChI is InChI=1S/C20H15BrN2O6/c1-11(19(26)27)29-15-8-2-12(3-9-15)10-16-17(24)22-20(28)23(18(16)25)14-6-4-13(21)5-7-14/h2-11H,1H3,(H,26,27)(H,22,24,28)/p-1/b16-10-/t11-/m1/s1. The van der Waals surface area contributed by atoms with Crippen molar-refractivity contribution in [2.45, 2.75) is 13.0 Å². The topological polar surface area (TPSA) is 116 Å². The van der Waals surface area contributed by atoms with Crippen LogP contribution >= 0.6 is 15.9 Å². The fourth-order valence-corrected chi connectivity index (χ4v) is 2.81. The van der Waals surface area contributed by atoms with Crippen LogP contribution in [0.2, 0.25) is 0 Å². The number of barbiturate groups is 1. The molecule has 0 bridgehead atoms. The number of amides is 4. The van der Waals surface area contributed by atoms with Crippen LogP contribution in [0.5, 0.6) is 5.75 Å². The Balaban J connectivity index is 1.86. The smallest absolute Gasteiger partial charge is 0.335 e. The van der Waals surface area contributed by atoms with Gasteiger partial charge in [0.1, 0.15) is 17.4 Å². The van der Waals surface area contributed by atoms with E-state index in [4.69, 9.17) is 4.74 Å². The van der Waals surface area contributed by atoms with Crippen LogP contribution < -0.4 is 20.1 Å². The molecule has 8 nitrogen and oxygen atoms in total. The molecule has 2 aromatic rings. The van der Waals surface area contributed by atoms with E-state index in [0.29, 0.717) is 11.3 Å². The van der Waals surface area contributed by atoms with Crippen molar-refractivity contribution in [2.75, 3.05) is 4.90 Å². The molecule has 0 aromatic heterocycles. The van der Waals surface area contributed by atoms with Gasteiger partial charge in [-0.2, -0.15) is 0 Å². The molecule has 1 N–H and O–H groups in total. The number of anilines is 1. The molecule has 0 aliphatic carbocycles. The number of imide groups is 2. The monoisotopic (exact) mass is 457 g/mol. The highest BCUT2D eigenvalue weighted by molar-refractivity contribution is 9.10. The molecule has 9 heteroatoms. The zero-order valence-electron chi connectivity index (χ0n) is 15.0. The lowest BCUT2D eigenvalue weighted by molar-refractivity contribution is -0.312. The van der Waals surface area contributed by atoms with Crippen molar-refractivity contribution in [3.8, 4) is 5.75 Å². The van der Waals surface area contributed by atoms with Gasteiger partial charge < -0.3 is 14.6 Å². The minimum Gasteiger partial charge on any atom is -0.546 e. The van der Waals surface area contributed by atoms with Gasteiger partial charge in [0, 0.05) is 4.47 Å². The van der Waals surface area contributed by atoms with Gasteiger partial charge in [-0.05, 0) is 55.0 Å². The highest BCUT2D eigenvalue weighted by Gasteiger charge is 2.36. The van der Waals surface area contributed by atoms with E-state index in [-0.39, 0.29) is 11.3 Å². The normalized spacial score (nSPS) is 16.6. The molecule has 1 atom stereocenters. The number of ether oxygens (including phenoxy) is 1. The third-order valence-electron chi connectivity index (χ3n) is 4.02. The lowest BCUT2D eigenvalue weighted by Crippen LogP contribution is -2.54. The molecule has 0 saturated carbocycles. The van der Waals surface area contributed by atoms with E-state index in [9.17, 15) is 24.3 Å². The van der Waals surface area contributed by atoms with E-state index in [0.717, 1.165) is 9.37 Å². The summed E-state index contributed by atoms with van der Waals surface area (Å²) in [5, 5.41) is 12.9. The molecule has 1 aliphatic heterocycles. The molecule has 0 unspecified atom stereocenters. The minimum atomic E-state index is -1.35. The molecule has 0 spiro atoms. The number of urea groups is 1. The number of hydrogen-bond donors (Lipinski definition) is 1. The van der Waals surface area contributed by atoms with E-state index in [1.165, 1.54) is 25.1 Å². The van der Waals surface area contributed by atoms with Gasteiger partial charge in [-0.15, -0.1) is 0 Å². The van der Waals surface area contributed by atoms with E-state index in [1.54, 1.807) is 36.4 Å². The Hall–Kier alpha value is -3.46. The fourth-order valence-electron chi connectivity index (χ4n) is 2.54. The lowest BCUT2D eigenvalue weighted by Gasteiger charge is -2.26. The van der Waals surface area contributed by atoms with Gasteiger partial charge in [0.2, 0.25) is 0 Å². The first-order valence-electron chi connectivity index (χ1n) is 8.41. The van der Waals surface area contributed by atoms with Crippen LogP contribution in [0.15, 0.2) is 58.6 Å². The van der Waals surface area contributed by atoms with Crippen molar-refractivity contribution >= 4 is 51.5 Å². The number of carbonyl (C=O) groups excluding carboxylic acids is 4. The third kappa shape index (κ3) is 4.52. The zero-order valence-corrected chi connectivity index (χ0v) is 16.6. The van der Waals surface area contributed by atoms with Crippen LogP contribution in [0.25, 0.3) is 6.08 Å². The Bertz CT molecular complexity index is 1010. The van der Waals surface area contributed by atoms with Gasteiger partial charge in [0.05, 0.1) is 11.7 Å². The first-order chi connectivity index (χ1) is 13.8. The molecule has 0 radical (unpaired) electrons. The van der Waals surface area contributed by atoms with Crippen LogP contribution in [0.3, 0.4) is 0 Å². The third-order valence-corrected chi connectivity index (χ3v) is 4.55. The van der Waals surface area contributed by atoms with Crippen molar-refractivity contribution in [3.05, 3.63) is 64.1 Å². The SMILES string of the molecule is C[C@@H](Oc1ccc(/C=C2/C(=O)NC(=O)N(c3ccc(Br)cc3)C2=O)cc1)C(=O)[O-]. The summed E-state index contributed by atoms with van der Waals surface area (Å²) in [7, 11) is 0. The zero-order chi connectivity index (χ0) is 21.1. The Morgan fingerprint density at radius 3 is 2.31 bits per heavy atom. The van der Waals surface area contributed by atoms with Gasteiger partial charge in [-0.3, -0.25) is 14.9 Å². The first-order valence-corrected chi connectivity index (χ1v) is 9.20. The van der Waals surface area contributed by atoms with Crippen molar-refractivity contribution in [1.82, 2.24) is 5.32 Å². The van der Waals surface area contributed by atoms with Gasteiger partial charge >= 0.3 is 6.03 Å². The predicted molar refractivity (Wildman–Crippen MR) is 105 cm³/mol. The lowest BCUT2D eigenvalue weighted by atomic mass is 10.1. The summed E-state index contributed by atoms with van der Waals surface area (Å²) in [5.41, 5.74) is 0.584.